The van der Waals surface area contributed by atoms with E-state index in [1.54, 1.807) is 4.68 Å². The molecule has 2 heterocycles. The SMILES string of the molecule is Nc1nc(N)c2nnn(C[C@H]3CCC[C@H]3CO)c2n1. The number of nitrogen functional groups attached to an aromatic ring is 2. The molecule has 102 valence electrons. The summed E-state index contributed by atoms with van der Waals surface area (Å²) in [5.41, 5.74) is 12.4. The van der Waals surface area contributed by atoms with E-state index in [-0.39, 0.29) is 18.4 Å². The maximum Gasteiger partial charge on any atom is 0.224 e. The Morgan fingerprint density at radius 3 is 2.79 bits per heavy atom. The minimum absolute atomic E-state index is 0.124. The average molecular weight is 263 g/mol. The fourth-order valence-corrected chi connectivity index (χ4v) is 2.83. The second kappa shape index (κ2) is 4.61. The van der Waals surface area contributed by atoms with Crippen LogP contribution in [0.2, 0.25) is 0 Å². The maximum absolute atomic E-state index is 9.36. The third-order valence-electron chi connectivity index (χ3n) is 3.87. The van der Waals surface area contributed by atoms with Crippen LogP contribution in [0, 0.1) is 11.8 Å². The molecule has 2 aromatic heterocycles. The molecule has 1 fully saturated rings. The van der Waals surface area contributed by atoms with Crippen LogP contribution in [0.1, 0.15) is 19.3 Å². The first kappa shape index (κ1) is 12.1. The van der Waals surface area contributed by atoms with Gasteiger partial charge in [0.15, 0.2) is 17.0 Å². The summed E-state index contributed by atoms with van der Waals surface area (Å²) in [6.45, 7) is 0.897. The highest BCUT2D eigenvalue weighted by Gasteiger charge is 2.28. The Labute approximate surface area is 109 Å². The monoisotopic (exact) mass is 263 g/mol. The molecule has 19 heavy (non-hydrogen) atoms. The van der Waals surface area contributed by atoms with E-state index in [1.165, 1.54) is 0 Å². The van der Waals surface area contributed by atoms with Gasteiger partial charge in [0.05, 0.1) is 0 Å². The zero-order chi connectivity index (χ0) is 13.4. The van der Waals surface area contributed by atoms with Crippen molar-refractivity contribution in [1.82, 2.24) is 25.0 Å². The van der Waals surface area contributed by atoms with Gasteiger partial charge in [0, 0.05) is 13.2 Å². The van der Waals surface area contributed by atoms with Crippen LogP contribution in [0.4, 0.5) is 11.8 Å². The number of hydrogen-bond donors (Lipinski definition) is 3. The van der Waals surface area contributed by atoms with Gasteiger partial charge in [-0.1, -0.05) is 11.6 Å². The van der Waals surface area contributed by atoms with Gasteiger partial charge in [-0.2, -0.15) is 9.97 Å². The summed E-state index contributed by atoms with van der Waals surface area (Å²) in [5, 5.41) is 17.4. The number of aliphatic hydroxyl groups is 1. The molecule has 2 aromatic rings. The summed E-state index contributed by atoms with van der Waals surface area (Å²) < 4.78 is 1.71. The van der Waals surface area contributed by atoms with Gasteiger partial charge in [-0.3, -0.25) is 0 Å². The number of rotatable bonds is 3. The molecular formula is C11H17N7O. The lowest BCUT2D eigenvalue weighted by Gasteiger charge is -2.16. The Morgan fingerprint density at radius 2 is 2.00 bits per heavy atom. The Hall–Kier alpha value is -1.96. The van der Waals surface area contributed by atoms with Gasteiger partial charge in [-0.05, 0) is 24.7 Å². The van der Waals surface area contributed by atoms with Crippen molar-refractivity contribution in [2.75, 3.05) is 18.1 Å². The van der Waals surface area contributed by atoms with Gasteiger partial charge in [-0.25, -0.2) is 4.68 Å². The van der Waals surface area contributed by atoms with Crippen LogP contribution in [0.5, 0.6) is 0 Å². The maximum atomic E-state index is 9.36. The van der Waals surface area contributed by atoms with Crippen molar-refractivity contribution in [2.45, 2.75) is 25.8 Å². The molecular weight excluding hydrogens is 246 g/mol. The van der Waals surface area contributed by atoms with E-state index in [0.717, 1.165) is 19.3 Å². The minimum Gasteiger partial charge on any atom is -0.396 e. The van der Waals surface area contributed by atoms with Crippen LogP contribution in [-0.2, 0) is 6.54 Å². The first-order chi connectivity index (χ1) is 9.19. The van der Waals surface area contributed by atoms with Crippen LogP contribution >= 0.6 is 0 Å². The van der Waals surface area contributed by atoms with Gasteiger partial charge >= 0.3 is 0 Å². The Morgan fingerprint density at radius 1 is 1.21 bits per heavy atom. The molecule has 5 N–H and O–H groups in total. The van der Waals surface area contributed by atoms with Crippen molar-refractivity contribution >= 4 is 22.9 Å². The van der Waals surface area contributed by atoms with Crippen molar-refractivity contribution in [3.8, 4) is 0 Å². The predicted molar refractivity (Wildman–Crippen MR) is 69.9 cm³/mol. The molecule has 0 unspecified atom stereocenters. The molecule has 2 atom stereocenters. The number of aromatic nitrogens is 5. The number of hydrogen-bond acceptors (Lipinski definition) is 7. The Bertz CT molecular complexity index is 596. The number of anilines is 2. The van der Waals surface area contributed by atoms with Crippen LogP contribution in [0.15, 0.2) is 0 Å². The van der Waals surface area contributed by atoms with Gasteiger partial charge in [0.2, 0.25) is 5.95 Å². The molecule has 0 aromatic carbocycles. The fraction of sp³-hybridized carbons (Fsp3) is 0.636. The van der Waals surface area contributed by atoms with Gasteiger partial charge in [0.25, 0.3) is 0 Å². The summed E-state index contributed by atoms with van der Waals surface area (Å²) in [5.74, 6) is 1.10. The number of fused-ring (bicyclic) bond motifs is 1. The first-order valence-corrected chi connectivity index (χ1v) is 6.42. The lowest BCUT2D eigenvalue weighted by atomic mass is 9.97. The Kier molecular flexibility index (Phi) is 2.94. The van der Waals surface area contributed by atoms with E-state index in [1.807, 2.05) is 0 Å². The van der Waals surface area contributed by atoms with E-state index < -0.39 is 0 Å². The topological polar surface area (TPSA) is 129 Å². The Balaban J connectivity index is 1.93. The molecule has 0 amide bonds. The summed E-state index contributed by atoms with van der Waals surface area (Å²) in [6.07, 6.45) is 3.29. The van der Waals surface area contributed by atoms with Crippen LogP contribution in [-0.4, -0.2) is 36.7 Å². The average Bonchev–Trinajstić information content (AvgIpc) is 2.97. The van der Waals surface area contributed by atoms with Crippen LogP contribution in [0.25, 0.3) is 11.2 Å². The molecule has 3 rings (SSSR count). The molecule has 1 aliphatic carbocycles. The molecule has 0 aliphatic heterocycles. The largest absolute Gasteiger partial charge is 0.396 e. The first-order valence-electron chi connectivity index (χ1n) is 6.42. The summed E-state index contributed by atoms with van der Waals surface area (Å²) in [6, 6.07) is 0. The minimum atomic E-state index is 0.124. The smallest absolute Gasteiger partial charge is 0.224 e. The highest BCUT2D eigenvalue weighted by atomic mass is 16.3. The van der Waals surface area contributed by atoms with E-state index in [9.17, 15) is 5.11 Å². The number of nitrogens with two attached hydrogens (primary N) is 2. The molecule has 0 bridgehead atoms. The standard InChI is InChI=1S/C11H17N7O/c12-9-8-10(15-11(13)14-9)18(17-16-8)4-6-2-1-3-7(6)5-19/h6-7,19H,1-5H2,(H4,12,13,14,15)/t6-,7+/m1/s1. The van der Waals surface area contributed by atoms with E-state index in [2.05, 4.69) is 20.3 Å². The third kappa shape index (κ3) is 2.07. The van der Waals surface area contributed by atoms with E-state index in [4.69, 9.17) is 11.5 Å². The van der Waals surface area contributed by atoms with Crippen molar-refractivity contribution < 1.29 is 5.11 Å². The highest BCUT2D eigenvalue weighted by molar-refractivity contribution is 5.81. The van der Waals surface area contributed by atoms with Gasteiger partial charge in [0.1, 0.15) is 0 Å². The van der Waals surface area contributed by atoms with Crippen molar-refractivity contribution in [2.24, 2.45) is 11.8 Å². The normalized spacial score (nSPS) is 23.2. The molecule has 0 radical (unpaired) electrons. The fourth-order valence-electron chi connectivity index (χ4n) is 2.83. The molecule has 8 heteroatoms. The molecule has 1 aliphatic rings. The molecule has 8 nitrogen and oxygen atoms in total. The third-order valence-corrected chi connectivity index (χ3v) is 3.87. The molecule has 1 saturated carbocycles. The van der Waals surface area contributed by atoms with Crippen molar-refractivity contribution in [3.63, 3.8) is 0 Å². The predicted octanol–water partition coefficient (Wildman–Crippen LogP) is -0.206. The van der Waals surface area contributed by atoms with Crippen LogP contribution in [0.3, 0.4) is 0 Å². The number of nitrogens with zero attached hydrogens (tertiary/aromatic N) is 5. The zero-order valence-electron chi connectivity index (χ0n) is 10.5. The quantitative estimate of drug-likeness (QED) is 0.699. The van der Waals surface area contributed by atoms with Crippen molar-refractivity contribution in [3.05, 3.63) is 0 Å². The summed E-state index contributed by atoms with van der Waals surface area (Å²) in [7, 11) is 0. The van der Waals surface area contributed by atoms with E-state index >= 15 is 0 Å². The summed E-state index contributed by atoms with van der Waals surface area (Å²) in [4.78, 5) is 8.02. The molecule has 0 saturated heterocycles. The second-order valence-electron chi connectivity index (χ2n) is 5.04. The van der Waals surface area contributed by atoms with Crippen molar-refractivity contribution in [1.29, 1.82) is 0 Å². The summed E-state index contributed by atoms with van der Waals surface area (Å²) >= 11 is 0. The lowest BCUT2D eigenvalue weighted by molar-refractivity contribution is 0.182. The number of aliphatic hydroxyl groups excluding tert-OH is 1. The zero-order valence-corrected chi connectivity index (χ0v) is 10.5. The van der Waals surface area contributed by atoms with E-state index in [0.29, 0.717) is 29.5 Å². The van der Waals surface area contributed by atoms with Gasteiger partial charge < -0.3 is 16.6 Å². The highest BCUT2D eigenvalue weighted by Crippen LogP contribution is 2.32. The van der Waals surface area contributed by atoms with Gasteiger partial charge in [-0.15, -0.1) is 5.10 Å². The lowest BCUT2D eigenvalue weighted by Crippen LogP contribution is -2.19. The molecule has 0 spiro atoms. The van der Waals surface area contributed by atoms with Crippen LogP contribution < -0.4 is 11.5 Å². The second-order valence-corrected chi connectivity index (χ2v) is 5.04.